The molecule has 1 heterocycles. The Balaban J connectivity index is 1.70. The number of hydrogen-bond acceptors (Lipinski definition) is 5. The van der Waals surface area contributed by atoms with Crippen molar-refractivity contribution in [2.24, 2.45) is 0 Å². The number of rotatable bonds is 10. The number of piperazine rings is 1. The van der Waals surface area contributed by atoms with E-state index < -0.39 is 0 Å². The van der Waals surface area contributed by atoms with Gasteiger partial charge in [0.25, 0.3) is 5.87 Å². The van der Waals surface area contributed by atoms with Gasteiger partial charge in [-0.1, -0.05) is 43.7 Å². The first-order chi connectivity index (χ1) is 12.6. The van der Waals surface area contributed by atoms with Crippen LogP contribution < -0.4 is 0 Å². The van der Waals surface area contributed by atoms with Crippen LogP contribution in [0.2, 0.25) is 0 Å². The van der Waals surface area contributed by atoms with Crippen molar-refractivity contribution in [3.63, 3.8) is 0 Å². The van der Waals surface area contributed by atoms with E-state index in [1.54, 1.807) is 7.41 Å². The molecule has 1 aliphatic heterocycles. The monoisotopic (exact) mass is 359 g/mol. The number of benzene rings is 1. The summed E-state index contributed by atoms with van der Waals surface area (Å²) in [5.74, 6) is -0.278. The van der Waals surface area contributed by atoms with Crippen molar-refractivity contribution in [3.05, 3.63) is 35.9 Å². The highest BCUT2D eigenvalue weighted by Crippen LogP contribution is 2.18. The number of nitrogens with zero attached hydrogens (tertiary/aromatic N) is 2. The number of carbonyl (C=O) groups excluding carboxylic acids is 1. The lowest BCUT2D eigenvalue weighted by Crippen LogP contribution is -2.57. The number of carbonyl (C=O) groups is 1. The van der Waals surface area contributed by atoms with Crippen LogP contribution in [0.15, 0.2) is 30.3 Å². The smallest absolute Gasteiger partial charge is 0.357 e. The van der Waals surface area contributed by atoms with Crippen molar-refractivity contribution in [1.82, 2.24) is 9.71 Å². The van der Waals surface area contributed by atoms with Crippen LogP contribution in [0.3, 0.4) is 0 Å². The van der Waals surface area contributed by atoms with Gasteiger partial charge in [0.2, 0.25) is 0 Å². The molecule has 0 amide bonds. The molecule has 1 aromatic carbocycles. The average Bonchev–Trinajstić information content (AvgIpc) is 2.62. The van der Waals surface area contributed by atoms with E-state index in [4.69, 9.17) is 9.47 Å². The summed E-state index contributed by atoms with van der Waals surface area (Å²) >= 11 is 0. The van der Waals surface area contributed by atoms with Crippen LogP contribution in [-0.4, -0.2) is 68.0 Å². The highest BCUT2D eigenvalue weighted by atomic mass is 16.6. The topological polar surface area (TPSA) is 42.0 Å². The Bertz CT molecular complexity index is 517. The zero-order valence-corrected chi connectivity index (χ0v) is 16.4. The van der Waals surface area contributed by atoms with E-state index in [0.717, 1.165) is 39.1 Å². The highest BCUT2D eigenvalue weighted by Gasteiger charge is 2.31. The molecule has 0 spiro atoms. The molecule has 6 heteroatoms. The molecule has 1 radical (unpaired) electrons. The number of ether oxygens (including phenoxy) is 2. The van der Waals surface area contributed by atoms with Crippen LogP contribution in [0, 0.1) is 0 Å². The van der Waals surface area contributed by atoms with Gasteiger partial charge in [0.05, 0.1) is 6.61 Å². The Kier molecular flexibility index (Phi) is 9.16. The van der Waals surface area contributed by atoms with Crippen molar-refractivity contribution in [2.45, 2.75) is 52.2 Å². The number of unbranched alkanes of at least 4 members (excludes halogenated alkanes) is 1. The Labute approximate surface area is 158 Å². The molecule has 1 aliphatic rings. The predicted molar refractivity (Wildman–Crippen MR) is 105 cm³/mol. The Hall–Kier alpha value is -1.37. The average molecular weight is 359 g/mol. The molecule has 0 N–H and O–H groups in total. The van der Waals surface area contributed by atoms with Gasteiger partial charge in [-0.25, -0.2) is 0 Å². The quantitative estimate of drug-likeness (QED) is 0.474. The zero-order chi connectivity index (χ0) is 18.8. The van der Waals surface area contributed by atoms with Gasteiger partial charge in [0.15, 0.2) is 0 Å². The van der Waals surface area contributed by atoms with Crippen molar-refractivity contribution in [1.29, 1.82) is 0 Å². The van der Waals surface area contributed by atoms with Gasteiger partial charge >= 0.3 is 7.41 Å². The standard InChI is InChI=1S/C20H32BN2O3/c1-4-5-11-25-12-13-26-20(24)21-22-14-17(2)23(18(3)15-22)16-19-9-7-6-8-10-19/h6-10,17-18H,4-5,11-16H2,1-3H3/t17-,18+. The summed E-state index contributed by atoms with van der Waals surface area (Å²) in [6.45, 7) is 10.7. The molecule has 2 rings (SSSR count). The van der Waals surface area contributed by atoms with Crippen LogP contribution >= 0.6 is 0 Å². The fourth-order valence-electron chi connectivity index (χ4n) is 3.34. The first-order valence-electron chi connectivity index (χ1n) is 9.73. The summed E-state index contributed by atoms with van der Waals surface area (Å²) in [6, 6.07) is 11.3. The van der Waals surface area contributed by atoms with Gasteiger partial charge in [0.1, 0.15) is 6.61 Å². The van der Waals surface area contributed by atoms with Gasteiger partial charge < -0.3 is 14.3 Å². The summed E-state index contributed by atoms with van der Waals surface area (Å²) in [4.78, 5) is 16.6. The third-order valence-corrected chi connectivity index (χ3v) is 4.74. The molecule has 5 nitrogen and oxygen atoms in total. The molecule has 0 bridgehead atoms. The van der Waals surface area contributed by atoms with Crippen molar-refractivity contribution >= 4 is 13.3 Å². The molecule has 143 valence electrons. The Morgan fingerprint density at radius 2 is 1.81 bits per heavy atom. The van der Waals surface area contributed by atoms with Crippen LogP contribution in [0.1, 0.15) is 39.2 Å². The second kappa shape index (κ2) is 11.4. The van der Waals surface area contributed by atoms with Crippen molar-refractivity contribution < 1.29 is 14.3 Å². The van der Waals surface area contributed by atoms with Crippen LogP contribution in [0.25, 0.3) is 0 Å². The summed E-state index contributed by atoms with van der Waals surface area (Å²) in [5.41, 5.74) is 1.33. The molecular weight excluding hydrogens is 327 g/mol. The minimum absolute atomic E-state index is 0.278. The second-order valence-corrected chi connectivity index (χ2v) is 7.07. The summed E-state index contributed by atoms with van der Waals surface area (Å²) < 4.78 is 10.7. The molecule has 0 saturated carbocycles. The van der Waals surface area contributed by atoms with E-state index in [-0.39, 0.29) is 5.87 Å². The first kappa shape index (κ1) is 20.9. The lowest BCUT2D eigenvalue weighted by atomic mass is 9.88. The largest absolute Gasteiger partial charge is 0.470 e. The maximum atomic E-state index is 12.0. The molecular formula is C20H32BN2O3. The van der Waals surface area contributed by atoms with E-state index >= 15 is 0 Å². The Morgan fingerprint density at radius 1 is 1.12 bits per heavy atom. The molecule has 26 heavy (non-hydrogen) atoms. The normalized spacial score (nSPS) is 21.5. The molecule has 1 aromatic rings. The van der Waals surface area contributed by atoms with Gasteiger partial charge in [-0.3, -0.25) is 9.69 Å². The lowest BCUT2D eigenvalue weighted by molar-refractivity contribution is 0.0655. The summed E-state index contributed by atoms with van der Waals surface area (Å²) in [5, 5.41) is 0. The predicted octanol–water partition coefficient (Wildman–Crippen LogP) is 3.15. The van der Waals surface area contributed by atoms with E-state index in [1.165, 1.54) is 5.56 Å². The highest BCUT2D eigenvalue weighted by molar-refractivity contribution is 6.69. The van der Waals surface area contributed by atoms with Crippen molar-refractivity contribution in [2.75, 3.05) is 32.9 Å². The summed E-state index contributed by atoms with van der Waals surface area (Å²) in [6.07, 6.45) is 2.16. The van der Waals surface area contributed by atoms with Gasteiger partial charge in [-0.2, -0.15) is 0 Å². The number of hydrogen-bond donors (Lipinski definition) is 0. The molecule has 2 atom stereocenters. The first-order valence-corrected chi connectivity index (χ1v) is 9.73. The third-order valence-electron chi connectivity index (χ3n) is 4.74. The van der Waals surface area contributed by atoms with E-state index in [2.05, 4.69) is 54.7 Å². The minimum atomic E-state index is -0.278. The van der Waals surface area contributed by atoms with Crippen molar-refractivity contribution in [3.8, 4) is 0 Å². The molecule has 0 unspecified atom stereocenters. The minimum Gasteiger partial charge on any atom is -0.470 e. The molecule has 1 fully saturated rings. The van der Waals surface area contributed by atoms with Crippen LogP contribution in [-0.2, 0) is 16.0 Å². The third kappa shape index (κ3) is 7.10. The van der Waals surface area contributed by atoms with Gasteiger partial charge in [-0.05, 0) is 25.8 Å². The Morgan fingerprint density at radius 3 is 2.46 bits per heavy atom. The second-order valence-electron chi connectivity index (χ2n) is 7.07. The van der Waals surface area contributed by atoms with Gasteiger partial charge in [-0.15, -0.1) is 0 Å². The van der Waals surface area contributed by atoms with Crippen LogP contribution in [0.4, 0.5) is 4.79 Å². The van der Waals surface area contributed by atoms with E-state index in [1.807, 2.05) is 6.07 Å². The lowest BCUT2D eigenvalue weighted by Gasteiger charge is -2.44. The van der Waals surface area contributed by atoms with Gasteiger partial charge in [0, 0.05) is 38.3 Å². The summed E-state index contributed by atoms with van der Waals surface area (Å²) in [7, 11) is 1.61. The fourth-order valence-corrected chi connectivity index (χ4v) is 3.34. The fraction of sp³-hybridized carbons (Fsp3) is 0.650. The van der Waals surface area contributed by atoms with E-state index in [9.17, 15) is 4.79 Å². The molecule has 0 aliphatic carbocycles. The van der Waals surface area contributed by atoms with E-state index in [0.29, 0.717) is 25.3 Å². The zero-order valence-electron chi connectivity index (χ0n) is 16.4. The molecule has 0 aromatic heterocycles. The molecule has 1 saturated heterocycles. The van der Waals surface area contributed by atoms with Crippen LogP contribution in [0.5, 0.6) is 0 Å². The maximum absolute atomic E-state index is 12.0. The SMILES string of the molecule is CCCCOCCOC(=O)[B]N1C[C@@H](C)N(Cc2ccccc2)[C@@H](C)C1. The maximum Gasteiger partial charge on any atom is 0.357 e.